The van der Waals surface area contributed by atoms with Gasteiger partial charge in [0.15, 0.2) is 0 Å². The average molecular weight is 531 g/mol. The number of carbonyl (C=O) groups excluding carboxylic acids is 2. The van der Waals surface area contributed by atoms with Crippen molar-refractivity contribution >= 4 is 40.1 Å². The van der Waals surface area contributed by atoms with Crippen LogP contribution >= 0.6 is 11.6 Å². The van der Waals surface area contributed by atoms with Gasteiger partial charge < -0.3 is 16.0 Å². The Balaban J connectivity index is 1.56. The molecule has 1 aliphatic heterocycles. The molecule has 1 aliphatic rings. The number of hydrogen-bond acceptors (Lipinski definition) is 6. The minimum atomic E-state index is -0.609. The molecule has 3 aromatic heterocycles. The van der Waals surface area contributed by atoms with Crippen molar-refractivity contribution < 1.29 is 9.59 Å². The molecule has 0 spiro atoms. The second-order valence-electron chi connectivity index (χ2n) is 10.2. The molecule has 10 heteroatoms. The highest BCUT2D eigenvalue weighted by atomic mass is 35.5. The summed E-state index contributed by atoms with van der Waals surface area (Å²) in [6, 6.07) is 12.1. The summed E-state index contributed by atoms with van der Waals surface area (Å²) in [6.45, 7) is 5.30. The number of benzene rings is 1. The summed E-state index contributed by atoms with van der Waals surface area (Å²) in [5, 5.41) is 3.78. The molecule has 0 radical (unpaired) electrons. The maximum atomic E-state index is 13.6. The third-order valence-corrected chi connectivity index (χ3v) is 6.90. The van der Waals surface area contributed by atoms with E-state index in [9.17, 15) is 14.4 Å². The number of nitrogen functional groups attached to an aromatic ring is 1. The normalized spacial score (nSPS) is 14.2. The summed E-state index contributed by atoms with van der Waals surface area (Å²) < 4.78 is 1.24. The highest BCUT2D eigenvalue weighted by Crippen LogP contribution is 2.32. The maximum absolute atomic E-state index is 13.6. The Morgan fingerprint density at radius 1 is 1.11 bits per heavy atom. The van der Waals surface area contributed by atoms with Gasteiger partial charge in [0.2, 0.25) is 5.91 Å². The van der Waals surface area contributed by atoms with Crippen LogP contribution in [0.1, 0.15) is 29.8 Å². The number of aromatic nitrogens is 3. The van der Waals surface area contributed by atoms with E-state index < -0.39 is 11.5 Å². The van der Waals surface area contributed by atoms with E-state index in [2.05, 4.69) is 29.1 Å². The van der Waals surface area contributed by atoms with Gasteiger partial charge in [-0.1, -0.05) is 37.6 Å². The molecule has 3 N–H and O–H groups in total. The predicted octanol–water partition coefficient (Wildman–Crippen LogP) is 3.49. The van der Waals surface area contributed by atoms with Crippen LogP contribution < -0.4 is 16.6 Å². The summed E-state index contributed by atoms with van der Waals surface area (Å²) in [5.41, 5.74) is 8.70. The molecule has 0 aliphatic carbocycles. The van der Waals surface area contributed by atoms with Gasteiger partial charge in [0.05, 0.1) is 5.69 Å². The van der Waals surface area contributed by atoms with Gasteiger partial charge in [-0.15, -0.1) is 0 Å². The molecule has 1 fully saturated rings. The lowest BCUT2D eigenvalue weighted by molar-refractivity contribution is -0.142. The molecule has 0 atom stereocenters. The van der Waals surface area contributed by atoms with Gasteiger partial charge >= 0.3 is 0 Å². The number of amides is 2. The fourth-order valence-corrected chi connectivity index (χ4v) is 4.81. The number of fused-ring (bicyclic) bond motifs is 1. The Bertz CT molecular complexity index is 1590. The van der Waals surface area contributed by atoms with Gasteiger partial charge in [0.25, 0.3) is 11.5 Å². The van der Waals surface area contributed by atoms with E-state index in [0.29, 0.717) is 34.7 Å². The van der Waals surface area contributed by atoms with Gasteiger partial charge in [0, 0.05) is 54.2 Å². The van der Waals surface area contributed by atoms with Gasteiger partial charge in [-0.25, -0.2) is 4.98 Å². The first-order chi connectivity index (χ1) is 18.1. The van der Waals surface area contributed by atoms with Crippen molar-refractivity contribution in [2.24, 2.45) is 5.41 Å². The number of rotatable bonds is 6. The Morgan fingerprint density at radius 2 is 1.79 bits per heavy atom. The quantitative estimate of drug-likeness (QED) is 0.393. The van der Waals surface area contributed by atoms with Crippen LogP contribution in [0.4, 0.5) is 5.69 Å². The molecule has 4 heterocycles. The van der Waals surface area contributed by atoms with Crippen molar-refractivity contribution in [3.05, 3.63) is 87.6 Å². The number of nitrogens with zero attached hydrogens (tertiary/aromatic N) is 4. The minimum Gasteiger partial charge on any atom is -0.398 e. The molecule has 194 valence electrons. The van der Waals surface area contributed by atoms with Crippen LogP contribution in [0.15, 0.2) is 65.8 Å². The highest BCUT2D eigenvalue weighted by molar-refractivity contribution is 6.30. The molecular weight excluding hydrogens is 504 g/mol. The van der Waals surface area contributed by atoms with Crippen LogP contribution in [-0.4, -0.2) is 44.3 Å². The molecule has 4 aromatic rings. The number of likely N-dealkylation sites (tertiary alicyclic amines) is 1. The van der Waals surface area contributed by atoms with Crippen molar-refractivity contribution in [1.29, 1.82) is 0 Å². The molecule has 0 bridgehead atoms. The Morgan fingerprint density at radius 3 is 2.45 bits per heavy atom. The van der Waals surface area contributed by atoms with Crippen molar-refractivity contribution in [1.82, 2.24) is 24.8 Å². The summed E-state index contributed by atoms with van der Waals surface area (Å²) in [5.74, 6) is -0.795. The fourth-order valence-electron chi connectivity index (χ4n) is 4.68. The fraction of sp³-hybridized carbons (Fsp3) is 0.250. The smallest absolute Gasteiger partial charge is 0.265 e. The molecule has 1 aromatic carbocycles. The number of anilines is 1. The third kappa shape index (κ3) is 4.97. The highest BCUT2D eigenvalue weighted by Gasteiger charge is 2.37. The van der Waals surface area contributed by atoms with E-state index in [0.717, 1.165) is 11.1 Å². The van der Waals surface area contributed by atoms with E-state index in [4.69, 9.17) is 17.3 Å². The zero-order valence-corrected chi connectivity index (χ0v) is 21.8. The van der Waals surface area contributed by atoms with Gasteiger partial charge in [-0.2, -0.15) is 0 Å². The Hall–Kier alpha value is -4.24. The second-order valence-corrected chi connectivity index (χ2v) is 10.7. The molecule has 0 saturated carbocycles. The molecule has 2 amide bonds. The van der Waals surface area contributed by atoms with Crippen LogP contribution in [0.25, 0.3) is 22.2 Å². The molecule has 1 saturated heterocycles. The lowest BCUT2D eigenvalue weighted by Crippen LogP contribution is -2.56. The predicted molar refractivity (Wildman–Crippen MR) is 147 cm³/mol. The lowest BCUT2D eigenvalue weighted by Gasteiger charge is -2.45. The summed E-state index contributed by atoms with van der Waals surface area (Å²) >= 11 is 5.95. The Labute approximate surface area is 224 Å². The van der Waals surface area contributed by atoms with E-state index >= 15 is 0 Å². The van der Waals surface area contributed by atoms with Crippen molar-refractivity contribution in [2.75, 3.05) is 18.8 Å². The van der Waals surface area contributed by atoms with Crippen molar-refractivity contribution in [3.63, 3.8) is 0 Å². The van der Waals surface area contributed by atoms with Crippen LogP contribution in [0.3, 0.4) is 0 Å². The first kappa shape index (κ1) is 25.4. The van der Waals surface area contributed by atoms with Crippen LogP contribution in [0, 0.1) is 5.41 Å². The Kier molecular flexibility index (Phi) is 6.62. The average Bonchev–Trinajstić information content (AvgIpc) is 2.89. The van der Waals surface area contributed by atoms with Crippen molar-refractivity contribution in [3.8, 4) is 11.1 Å². The SMILES string of the molecule is CC1(C)CN(C(=O)Cn2c(=O)c(C(=O)NCc3ccc(Cl)cc3)cc3c(N)c(-c4ccncc4)cnc32)C1. The van der Waals surface area contributed by atoms with Gasteiger partial charge in [-0.3, -0.25) is 23.9 Å². The summed E-state index contributed by atoms with van der Waals surface area (Å²) in [7, 11) is 0. The standard InChI is InChI=1S/C28H27ClN6O3/c1-28(2)15-34(16-28)23(36)14-35-25-20(24(30)22(13-32-25)18-7-9-31-10-8-18)11-21(27(35)38)26(37)33-12-17-3-5-19(29)6-4-17/h3-11,13H,12,14-16H2,1-2H3,(H2,30,32)(H,33,37). The molecule has 0 unspecified atom stereocenters. The first-order valence-corrected chi connectivity index (χ1v) is 12.5. The topological polar surface area (TPSA) is 123 Å². The van der Waals surface area contributed by atoms with E-state index in [1.54, 1.807) is 59.9 Å². The van der Waals surface area contributed by atoms with E-state index in [-0.39, 0.29) is 35.6 Å². The largest absolute Gasteiger partial charge is 0.398 e. The monoisotopic (exact) mass is 530 g/mol. The number of nitrogens with one attached hydrogen (secondary N) is 1. The van der Waals surface area contributed by atoms with Crippen molar-refractivity contribution in [2.45, 2.75) is 26.9 Å². The van der Waals surface area contributed by atoms with Crippen LogP contribution in [0.5, 0.6) is 0 Å². The maximum Gasteiger partial charge on any atom is 0.265 e. The number of pyridine rings is 3. The molecule has 5 rings (SSSR count). The molecule has 9 nitrogen and oxygen atoms in total. The zero-order chi connectivity index (χ0) is 27.0. The first-order valence-electron chi connectivity index (χ1n) is 12.2. The number of nitrogens with two attached hydrogens (primary N) is 1. The molecular formula is C28H27ClN6O3. The van der Waals surface area contributed by atoms with Gasteiger partial charge in [-0.05, 0) is 46.9 Å². The summed E-state index contributed by atoms with van der Waals surface area (Å²) in [6.07, 6.45) is 4.85. The van der Waals surface area contributed by atoms with E-state index in [1.165, 1.54) is 10.6 Å². The zero-order valence-electron chi connectivity index (χ0n) is 21.1. The summed E-state index contributed by atoms with van der Waals surface area (Å²) in [4.78, 5) is 50.1. The number of halogens is 1. The molecule has 38 heavy (non-hydrogen) atoms. The van der Waals surface area contributed by atoms with Crippen LogP contribution in [0.2, 0.25) is 5.02 Å². The lowest BCUT2D eigenvalue weighted by atomic mass is 9.84. The van der Waals surface area contributed by atoms with E-state index in [1.807, 2.05) is 0 Å². The number of hydrogen-bond donors (Lipinski definition) is 2. The minimum absolute atomic E-state index is 0.0359. The third-order valence-electron chi connectivity index (χ3n) is 6.64. The second kappa shape index (κ2) is 9.90. The van der Waals surface area contributed by atoms with Crippen LogP contribution in [-0.2, 0) is 17.9 Å². The number of carbonyl (C=O) groups is 2. The van der Waals surface area contributed by atoms with Gasteiger partial charge in [0.1, 0.15) is 17.8 Å².